The molecule has 0 saturated carbocycles. The topological polar surface area (TPSA) is 78.9 Å². The summed E-state index contributed by atoms with van der Waals surface area (Å²) in [5.74, 6) is -0.849. The minimum absolute atomic E-state index is 0.0625. The van der Waals surface area contributed by atoms with Crippen LogP contribution in [0.25, 0.3) is 0 Å². The van der Waals surface area contributed by atoms with Crippen molar-refractivity contribution >= 4 is 17.9 Å². The number of hydrogen-bond acceptors (Lipinski definition) is 6. The Kier molecular flexibility index (Phi) is 42.8. The van der Waals surface area contributed by atoms with E-state index in [0.29, 0.717) is 19.3 Å². The molecule has 6 nitrogen and oxygen atoms in total. The summed E-state index contributed by atoms with van der Waals surface area (Å²) in [6.07, 6.45) is 45.1. The minimum Gasteiger partial charge on any atom is -0.462 e. The molecule has 0 aromatic heterocycles. The molecule has 0 bridgehead atoms. The predicted octanol–water partition coefficient (Wildman–Crippen LogP) is 15.3. The van der Waals surface area contributed by atoms with Gasteiger partial charge in [-0.05, 0) is 19.3 Å². The Bertz CT molecular complexity index is 798. The summed E-state index contributed by atoms with van der Waals surface area (Å²) in [5, 5.41) is 0. The van der Waals surface area contributed by atoms with Crippen LogP contribution >= 0.6 is 0 Å². The largest absolute Gasteiger partial charge is 0.462 e. The maximum atomic E-state index is 12.7. The van der Waals surface area contributed by atoms with E-state index in [0.717, 1.165) is 57.8 Å². The van der Waals surface area contributed by atoms with Crippen LogP contribution in [0.5, 0.6) is 0 Å². The van der Waals surface area contributed by atoms with Gasteiger partial charge in [0, 0.05) is 19.3 Å². The van der Waals surface area contributed by atoms with E-state index in [9.17, 15) is 14.4 Å². The minimum atomic E-state index is -0.758. The van der Waals surface area contributed by atoms with Gasteiger partial charge in [0.25, 0.3) is 0 Å². The third-order valence-electron chi connectivity index (χ3n) is 10.9. The van der Waals surface area contributed by atoms with Crippen LogP contribution in [0.15, 0.2) is 0 Å². The fourth-order valence-electron chi connectivity index (χ4n) is 7.21. The molecule has 0 rings (SSSR count). The molecule has 0 aliphatic heterocycles. The number of carbonyl (C=O) groups excluding carboxylic acids is 3. The molecule has 0 aromatic rings. The van der Waals surface area contributed by atoms with Gasteiger partial charge in [0.1, 0.15) is 13.2 Å². The average Bonchev–Trinajstić information content (AvgIpc) is 3.17. The highest BCUT2D eigenvalue weighted by Gasteiger charge is 2.19. The van der Waals surface area contributed by atoms with Crippen LogP contribution in [0.3, 0.4) is 0 Å². The van der Waals surface area contributed by atoms with Gasteiger partial charge in [0.2, 0.25) is 0 Å². The lowest BCUT2D eigenvalue weighted by Gasteiger charge is -2.18. The summed E-state index contributed by atoms with van der Waals surface area (Å²) in [7, 11) is 0. The van der Waals surface area contributed by atoms with Gasteiger partial charge in [-0.2, -0.15) is 0 Å². The van der Waals surface area contributed by atoms with Crippen molar-refractivity contribution in [3.05, 3.63) is 0 Å². The van der Waals surface area contributed by atoms with Gasteiger partial charge in [-0.1, -0.05) is 233 Å². The third kappa shape index (κ3) is 41.6. The Morgan fingerprint density at radius 2 is 0.500 bits per heavy atom. The van der Waals surface area contributed by atoms with E-state index < -0.39 is 6.10 Å². The first kappa shape index (κ1) is 52.4. The van der Waals surface area contributed by atoms with Gasteiger partial charge >= 0.3 is 17.9 Å². The highest BCUT2D eigenvalue weighted by atomic mass is 16.6. The molecule has 0 fully saturated rings. The quantitative estimate of drug-likeness (QED) is 0.0349. The number of hydrogen-bond donors (Lipinski definition) is 0. The molecule has 6 heteroatoms. The van der Waals surface area contributed by atoms with E-state index in [1.807, 2.05) is 0 Å². The molecule has 0 aliphatic carbocycles. The zero-order valence-corrected chi connectivity index (χ0v) is 36.5. The normalized spacial score (nSPS) is 11.8. The van der Waals surface area contributed by atoms with E-state index in [1.165, 1.54) is 173 Å². The van der Waals surface area contributed by atoms with Crippen LogP contribution in [0, 0.1) is 0 Å². The van der Waals surface area contributed by atoms with Gasteiger partial charge in [0.05, 0.1) is 0 Å². The van der Waals surface area contributed by atoms with Crippen molar-refractivity contribution in [3.8, 4) is 0 Å². The Hall–Kier alpha value is -1.59. The van der Waals surface area contributed by atoms with Crippen molar-refractivity contribution in [1.29, 1.82) is 0 Å². The molecule has 0 amide bonds. The molecule has 54 heavy (non-hydrogen) atoms. The van der Waals surface area contributed by atoms with Gasteiger partial charge < -0.3 is 14.2 Å². The van der Waals surface area contributed by atoms with Gasteiger partial charge in [-0.15, -0.1) is 0 Å². The van der Waals surface area contributed by atoms with Crippen LogP contribution in [-0.2, 0) is 28.6 Å². The van der Waals surface area contributed by atoms with Crippen molar-refractivity contribution in [2.24, 2.45) is 0 Å². The number of unbranched alkanes of at least 4 members (excludes halogenated alkanes) is 33. The van der Waals surface area contributed by atoms with Gasteiger partial charge in [0.15, 0.2) is 6.10 Å². The molecule has 1 atom stereocenters. The van der Waals surface area contributed by atoms with E-state index in [2.05, 4.69) is 20.8 Å². The van der Waals surface area contributed by atoms with E-state index in [-0.39, 0.29) is 31.1 Å². The predicted molar refractivity (Wildman–Crippen MR) is 229 cm³/mol. The summed E-state index contributed by atoms with van der Waals surface area (Å²) in [4.78, 5) is 37.7. The molecular formula is C48H92O6. The summed E-state index contributed by atoms with van der Waals surface area (Å²) in [6.45, 7) is 6.65. The molecular weight excluding hydrogens is 673 g/mol. The number of ether oxygens (including phenoxy) is 3. The lowest BCUT2D eigenvalue weighted by Crippen LogP contribution is -2.30. The first-order valence-electron chi connectivity index (χ1n) is 24.0. The summed E-state index contributed by atoms with van der Waals surface area (Å²) in [6, 6.07) is 0. The van der Waals surface area contributed by atoms with Crippen LogP contribution in [0.1, 0.15) is 271 Å². The molecule has 0 aromatic carbocycles. The molecule has 320 valence electrons. The number of rotatable bonds is 44. The van der Waals surface area contributed by atoms with E-state index >= 15 is 0 Å². The average molecular weight is 765 g/mol. The number of carbonyl (C=O) groups is 3. The van der Waals surface area contributed by atoms with Gasteiger partial charge in [-0.3, -0.25) is 14.4 Å². The summed E-state index contributed by atoms with van der Waals surface area (Å²) >= 11 is 0. The molecule has 0 N–H and O–H groups in total. The first-order valence-corrected chi connectivity index (χ1v) is 24.0. The maximum absolute atomic E-state index is 12.7. The van der Waals surface area contributed by atoms with Crippen LogP contribution < -0.4 is 0 Å². The van der Waals surface area contributed by atoms with Crippen molar-refractivity contribution in [2.75, 3.05) is 13.2 Å². The van der Waals surface area contributed by atoms with E-state index in [4.69, 9.17) is 14.2 Å². The summed E-state index contributed by atoms with van der Waals surface area (Å²) < 4.78 is 16.7. The van der Waals surface area contributed by atoms with Crippen molar-refractivity contribution < 1.29 is 28.6 Å². The zero-order valence-electron chi connectivity index (χ0n) is 36.5. The standard InChI is InChI=1S/C48H92O6/c1-4-7-10-13-16-19-22-23-24-25-27-30-33-36-39-42-48(51)54-45(43-52-46(49)40-37-34-31-28-21-18-15-12-9-6-3)44-53-47(50)41-38-35-32-29-26-20-17-14-11-8-5-2/h45H,4-44H2,1-3H3/t45-/m0/s1. The third-order valence-corrected chi connectivity index (χ3v) is 10.9. The van der Waals surface area contributed by atoms with Crippen molar-refractivity contribution in [2.45, 2.75) is 277 Å². The highest BCUT2D eigenvalue weighted by Crippen LogP contribution is 2.16. The second kappa shape index (κ2) is 44.1. The second-order valence-electron chi connectivity index (χ2n) is 16.4. The lowest BCUT2D eigenvalue weighted by atomic mass is 10.0. The lowest BCUT2D eigenvalue weighted by molar-refractivity contribution is -0.167. The molecule has 0 heterocycles. The first-order chi connectivity index (χ1) is 26.5. The Balaban J connectivity index is 4.30. The van der Waals surface area contributed by atoms with Crippen LogP contribution in [0.4, 0.5) is 0 Å². The summed E-state index contributed by atoms with van der Waals surface area (Å²) in [5.41, 5.74) is 0. The molecule has 0 radical (unpaired) electrons. The maximum Gasteiger partial charge on any atom is 0.306 e. The Morgan fingerprint density at radius 1 is 0.296 bits per heavy atom. The van der Waals surface area contributed by atoms with Crippen LogP contribution in [0.2, 0.25) is 0 Å². The van der Waals surface area contributed by atoms with Crippen molar-refractivity contribution in [3.63, 3.8) is 0 Å². The molecule has 0 unspecified atom stereocenters. The molecule has 0 spiro atoms. The monoisotopic (exact) mass is 765 g/mol. The van der Waals surface area contributed by atoms with Gasteiger partial charge in [-0.25, -0.2) is 0 Å². The van der Waals surface area contributed by atoms with Crippen LogP contribution in [-0.4, -0.2) is 37.2 Å². The SMILES string of the molecule is CCCCCCCCCCCCCCCCCC(=O)O[C@@H](COC(=O)CCCCCCCCCCCC)COC(=O)CCCCCCCCCCCCC. The Labute approximate surface area is 336 Å². The van der Waals surface area contributed by atoms with E-state index in [1.54, 1.807) is 0 Å². The second-order valence-corrected chi connectivity index (χ2v) is 16.4. The molecule has 0 aliphatic rings. The zero-order chi connectivity index (χ0) is 39.4. The van der Waals surface area contributed by atoms with Crippen molar-refractivity contribution in [1.82, 2.24) is 0 Å². The Morgan fingerprint density at radius 3 is 0.741 bits per heavy atom. The molecule has 0 saturated heterocycles. The number of esters is 3. The fraction of sp³-hybridized carbons (Fsp3) is 0.938. The smallest absolute Gasteiger partial charge is 0.306 e. The fourth-order valence-corrected chi connectivity index (χ4v) is 7.21. The highest BCUT2D eigenvalue weighted by molar-refractivity contribution is 5.71.